The van der Waals surface area contributed by atoms with E-state index in [1.807, 2.05) is 9.80 Å². The molecule has 6 nitrogen and oxygen atoms in total. The van der Waals surface area contributed by atoms with Gasteiger partial charge >= 0.3 is 0 Å². The molecule has 0 saturated carbocycles. The summed E-state index contributed by atoms with van der Waals surface area (Å²) in [6.07, 6.45) is 8.34. The monoisotopic (exact) mass is 390 g/mol. The van der Waals surface area contributed by atoms with Gasteiger partial charge in [0.2, 0.25) is 11.8 Å². The van der Waals surface area contributed by atoms with E-state index in [0.29, 0.717) is 13.1 Å². The summed E-state index contributed by atoms with van der Waals surface area (Å²) in [5.74, 6) is -0.145. The lowest BCUT2D eigenvalue weighted by molar-refractivity contribution is -0.888. The molecule has 2 amide bonds. The summed E-state index contributed by atoms with van der Waals surface area (Å²) in [5, 5.41) is 0. The largest absolute Gasteiger partial charge is 0.329 e. The van der Waals surface area contributed by atoms with Gasteiger partial charge < -0.3 is 18.8 Å². The number of hydrogen-bond donors (Lipinski definition) is 0. The molecule has 4 atom stereocenters. The molecule has 0 N–H and O–H groups in total. The number of carbonyl (C=O) groups excluding carboxylic acids is 2. The molecule has 6 aliphatic rings. The smallest absolute Gasteiger partial charge is 0.232 e. The Kier molecular flexibility index (Phi) is 5.74. The van der Waals surface area contributed by atoms with E-state index >= 15 is 0 Å². The molecule has 0 aromatic carbocycles. The highest BCUT2D eigenvalue weighted by Crippen LogP contribution is 2.36. The van der Waals surface area contributed by atoms with Crippen molar-refractivity contribution in [3.05, 3.63) is 24.3 Å². The Morgan fingerprint density at radius 3 is 1.39 bits per heavy atom. The van der Waals surface area contributed by atoms with Gasteiger partial charge in [0.1, 0.15) is 0 Å². The van der Waals surface area contributed by atoms with Crippen LogP contribution < -0.4 is 0 Å². The standard InChI is InChI=1S/C22H38N4O2/c1-7-25(3,4)15-13-23-19-11-9-18(21(23)27)20-12-10-17(19)22(28)24(20)14-16-26(5,6)8-2/h9-12,17-20H,7-8,13-16H2,1-6H3/q+2/t17-,18+,19-,20-/m0/s1. The van der Waals surface area contributed by atoms with Gasteiger partial charge in [-0.1, -0.05) is 24.3 Å². The van der Waals surface area contributed by atoms with Crippen molar-refractivity contribution in [2.75, 3.05) is 67.5 Å². The average molecular weight is 391 g/mol. The molecular formula is C22H38N4O2+2. The molecule has 6 rings (SSSR count). The summed E-state index contributed by atoms with van der Waals surface area (Å²) in [6, 6.07) is -0.302. The van der Waals surface area contributed by atoms with E-state index in [0.717, 1.165) is 35.1 Å². The Bertz CT molecular complexity index is 624. The highest BCUT2D eigenvalue weighted by molar-refractivity contribution is 5.91. The van der Waals surface area contributed by atoms with Crippen LogP contribution >= 0.6 is 0 Å². The van der Waals surface area contributed by atoms with Crippen LogP contribution in [-0.4, -0.2) is 110 Å². The van der Waals surface area contributed by atoms with Crippen LogP contribution in [0.25, 0.3) is 0 Å². The van der Waals surface area contributed by atoms with E-state index in [2.05, 4.69) is 66.3 Å². The number of amides is 2. The van der Waals surface area contributed by atoms with Gasteiger partial charge in [-0.3, -0.25) is 9.59 Å². The van der Waals surface area contributed by atoms with Gasteiger partial charge in [0.05, 0.1) is 91.4 Å². The molecule has 4 bridgehead atoms. The van der Waals surface area contributed by atoms with Crippen molar-refractivity contribution in [1.29, 1.82) is 0 Å². The van der Waals surface area contributed by atoms with Gasteiger partial charge in [0.15, 0.2) is 0 Å². The van der Waals surface area contributed by atoms with Crippen LogP contribution in [0.1, 0.15) is 13.8 Å². The predicted octanol–water partition coefficient (Wildman–Crippen LogP) is 0.959. The summed E-state index contributed by atoms with van der Waals surface area (Å²) in [7, 11) is 8.76. The SMILES string of the molecule is CC[N+](C)(C)CCN1C(=O)[C@@H]2C=C[C@H]1[C@@H]1C=C[C@@H]2N(CC[N+](C)(C)CC)C1=O. The van der Waals surface area contributed by atoms with Gasteiger partial charge in [-0.15, -0.1) is 0 Å². The van der Waals surface area contributed by atoms with Crippen molar-refractivity contribution < 1.29 is 18.6 Å². The highest BCUT2D eigenvalue weighted by Gasteiger charge is 2.49. The van der Waals surface area contributed by atoms with Crippen molar-refractivity contribution in [1.82, 2.24) is 9.80 Å². The maximum atomic E-state index is 13.4. The topological polar surface area (TPSA) is 40.6 Å². The number of hydrogen-bond acceptors (Lipinski definition) is 2. The van der Waals surface area contributed by atoms with Crippen molar-refractivity contribution >= 4 is 11.8 Å². The molecular weight excluding hydrogens is 352 g/mol. The molecule has 5 aliphatic heterocycles. The van der Waals surface area contributed by atoms with Crippen LogP contribution in [0.15, 0.2) is 24.3 Å². The van der Waals surface area contributed by atoms with Crippen molar-refractivity contribution in [2.24, 2.45) is 11.8 Å². The molecule has 1 fully saturated rings. The van der Waals surface area contributed by atoms with Crippen LogP contribution in [0.4, 0.5) is 0 Å². The fourth-order valence-electron chi connectivity index (χ4n) is 4.25. The predicted molar refractivity (Wildman–Crippen MR) is 111 cm³/mol. The molecule has 0 radical (unpaired) electrons. The molecule has 0 unspecified atom stereocenters. The van der Waals surface area contributed by atoms with E-state index in [-0.39, 0.29) is 35.7 Å². The lowest BCUT2D eigenvalue weighted by atomic mass is 9.78. The first-order valence-electron chi connectivity index (χ1n) is 10.7. The third kappa shape index (κ3) is 3.90. The molecule has 1 saturated heterocycles. The maximum absolute atomic E-state index is 13.4. The average Bonchev–Trinajstić information content (AvgIpc) is 2.63. The zero-order chi connectivity index (χ0) is 20.7. The number of quaternary nitrogens is 2. The highest BCUT2D eigenvalue weighted by atomic mass is 16.2. The molecule has 0 aromatic heterocycles. The Hall–Kier alpha value is -1.66. The van der Waals surface area contributed by atoms with E-state index in [1.54, 1.807) is 0 Å². The Morgan fingerprint density at radius 2 is 1.07 bits per heavy atom. The number of likely N-dealkylation sites (N-methyl/N-ethyl adjacent to an activating group) is 2. The second-order valence-electron chi connectivity index (χ2n) is 9.82. The third-order valence-corrected chi connectivity index (χ3v) is 7.23. The van der Waals surface area contributed by atoms with Gasteiger partial charge in [0, 0.05) is 0 Å². The van der Waals surface area contributed by atoms with Crippen molar-refractivity contribution in [3.8, 4) is 0 Å². The van der Waals surface area contributed by atoms with Gasteiger partial charge in [-0.05, 0) is 13.8 Å². The van der Waals surface area contributed by atoms with Gasteiger partial charge in [0.25, 0.3) is 0 Å². The van der Waals surface area contributed by atoms with E-state index in [4.69, 9.17) is 0 Å². The van der Waals surface area contributed by atoms with Crippen LogP contribution in [0, 0.1) is 11.8 Å². The van der Waals surface area contributed by atoms with E-state index in [1.165, 1.54) is 0 Å². The van der Waals surface area contributed by atoms with Crippen LogP contribution in [0.5, 0.6) is 0 Å². The van der Waals surface area contributed by atoms with Gasteiger partial charge in [-0.25, -0.2) is 0 Å². The first-order chi connectivity index (χ1) is 13.1. The van der Waals surface area contributed by atoms with Crippen molar-refractivity contribution in [2.45, 2.75) is 25.9 Å². The van der Waals surface area contributed by atoms with Gasteiger partial charge in [-0.2, -0.15) is 0 Å². The molecule has 5 heterocycles. The molecule has 0 aromatic rings. The first-order valence-corrected chi connectivity index (χ1v) is 10.7. The summed E-state index contributed by atoms with van der Waals surface area (Å²) in [4.78, 5) is 30.7. The third-order valence-electron chi connectivity index (χ3n) is 7.23. The number of carbonyl (C=O) groups is 2. The van der Waals surface area contributed by atoms with Crippen LogP contribution in [0.2, 0.25) is 0 Å². The number of nitrogens with zero attached hydrogens (tertiary/aromatic N) is 4. The molecule has 28 heavy (non-hydrogen) atoms. The molecule has 6 heteroatoms. The zero-order valence-electron chi connectivity index (χ0n) is 18.5. The zero-order valence-corrected chi connectivity index (χ0v) is 18.5. The van der Waals surface area contributed by atoms with Crippen LogP contribution in [0.3, 0.4) is 0 Å². The summed E-state index contributed by atoms with van der Waals surface area (Å²) in [5.41, 5.74) is 0. The Labute approximate surface area is 170 Å². The summed E-state index contributed by atoms with van der Waals surface area (Å²) >= 11 is 0. The van der Waals surface area contributed by atoms with Crippen LogP contribution in [-0.2, 0) is 9.59 Å². The lowest BCUT2D eigenvalue weighted by Gasteiger charge is -2.50. The fraction of sp³-hybridized carbons (Fsp3) is 0.727. The van der Waals surface area contributed by atoms with E-state index in [9.17, 15) is 9.59 Å². The number of rotatable bonds is 8. The fourth-order valence-corrected chi connectivity index (χ4v) is 4.25. The Morgan fingerprint density at radius 1 is 0.714 bits per heavy atom. The summed E-state index contributed by atoms with van der Waals surface area (Å²) in [6.45, 7) is 9.60. The molecule has 1 aliphatic carbocycles. The lowest BCUT2D eigenvalue weighted by Crippen LogP contribution is -2.64. The second-order valence-corrected chi connectivity index (χ2v) is 9.82. The second kappa shape index (κ2) is 7.64. The molecule has 156 valence electrons. The Balaban J connectivity index is 1.82. The quantitative estimate of drug-likeness (QED) is 0.458. The van der Waals surface area contributed by atoms with Crippen molar-refractivity contribution in [3.63, 3.8) is 0 Å². The molecule has 0 spiro atoms. The maximum Gasteiger partial charge on any atom is 0.232 e. The summed E-state index contributed by atoms with van der Waals surface area (Å²) < 4.78 is 1.75. The minimum absolute atomic E-state index is 0.151. The minimum Gasteiger partial charge on any atom is -0.329 e. The normalized spacial score (nSPS) is 29.6. The van der Waals surface area contributed by atoms with E-state index < -0.39 is 0 Å². The first kappa shape index (κ1) is 21.1. The minimum atomic E-state index is -0.257.